The molecule has 0 fully saturated rings. The number of nitrogens with zero attached hydrogens (tertiary/aromatic N) is 4. The average molecular weight is 1480 g/mol. The van der Waals surface area contributed by atoms with Crippen LogP contribution in [0.15, 0.2) is 291 Å². The Bertz CT molecular complexity index is 5700. The second-order valence-electron chi connectivity index (χ2n) is 28.1. The number of rotatable bonds is 20. The van der Waals surface area contributed by atoms with Crippen LogP contribution in [-0.2, 0) is 10.8 Å². The second kappa shape index (κ2) is 27.6. The van der Waals surface area contributed by atoms with Crippen LogP contribution in [0, 0.1) is 0 Å². The van der Waals surface area contributed by atoms with Crippen LogP contribution in [0.1, 0.15) is 133 Å². The maximum Gasteiger partial charge on any atom is 0.266 e. The quantitative estimate of drug-likeness (QED) is 0.0674. The van der Waals surface area contributed by atoms with Crippen molar-refractivity contribution < 1.29 is 77.0 Å². The molecular weight excluding hydrogens is 1420 g/mol. The zero-order valence-corrected chi connectivity index (χ0v) is 60.1. The molecule has 0 atom stereocenters. The Labute approximate surface area is 640 Å². The maximum absolute atomic E-state index is 14.0. The van der Waals surface area contributed by atoms with Crippen LogP contribution < -0.4 is 48.0 Å². The summed E-state index contributed by atoms with van der Waals surface area (Å²) in [5, 5.41) is 19.4. The fraction of sp³-hybridized carbons (Fsp3) is 0.0652. The Morgan fingerprint density at radius 1 is 0.205 bits per heavy atom. The zero-order valence-electron chi connectivity index (χ0n) is 60.1. The summed E-state index contributed by atoms with van der Waals surface area (Å²) in [6, 6.07) is 81.2. The molecule has 0 aliphatic carbocycles. The zero-order chi connectivity index (χ0) is 77.4. The molecular formula is C92H62N4O16. The molecule has 0 saturated carbocycles. The SMILES string of the molecule is CC(C)(c1ccc(Oc2ccc3c(c2)C(=O)N(c2ccc(O)cc2)C3=O)cc1)c1ccc(Oc2ccc3c(c2)C(=O)N(c2ccc(Oc4cccc(Oc5ccc(N6C(=O)c7ccc(Oc8ccc(C(C)(C)c9ccc(Oc%10ccc%11c(c%10)C(=O)N(c%10ccc(O)cc%10)C%11=O)cc9)cc8)cc7C6=O)cc5)c4)cc2)C3=O)cc1. The molecule has 4 heterocycles. The molecule has 4 aliphatic rings. The number of phenols is 2. The average Bonchev–Trinajstić information content (AvgIpc) is 1.62. The first-order valence-electron chi connectivity index (χ1n) is 35.6. The van der Waals surface area contributed by atoms with Crippen LogP contribution in [0.4, 0.5) is 22.7 Å². The van der Waals surface area contributed by atoms with Crippen molar-refractivity contribution in [1.82, 2.24) is 0 Å². The molecule has 546 valence electrons. The van der Waals surface area contributed by atoms with E-state index in [2.05, 4.69) is 27.7 Å². The van der Waals surface area contributed by atoms with Gasteiger partial charge in [0.25, 0.3) is 47.3 Å². The van der Waals surface area contributed by atoms with Crippen molar-refractivity contribution in [2.45, 2.75) is 38.5 Å². The number of benzene rings is 13. The molecule has 13 aromatic carbocycles. The summed E-state index contributed by atoms with van der Waals surface area (Å²) in [6.07, 6.45) is 0. The first-order valence-corrected chi connectivity index (χ1v) is 35.6. The normalized spacial score (nSPS) is 13.7. The van der Waals surface area contributed by atoms with Gasteiger partial charge < -0.3 is 38.6 Å². The van der Waals surface area contributed by atoms with Gasteiger partial charge in [0.15, 0.2) is 0 Å². The fourth-order valence-corrected chi connectivity index (χ4v) is 14.1. The molecule has 13 aromatic rings. The van der Waals surface area contributed by atoms with E-state index in [-0.39, 0.29) is 56.0 Å². The van der Waals surface area contributed by atoms with Crippen molar-refractivity contribution in [2.75, 3.05) is 19.6 Å². The Morgan fingerprint density at radius 3 is 0.607 bits per heavy atom. The molecule has 112 heavy (non-hydrogen) atoms. The molecule has 0 bridgehead atoms. The van der Waals surface area contributed by atoms with Crippen molar-refractivity contribution in [3.63, 3.8) is 0 Å². The highest BCUT2D eigenvalue weighted by molar-refractivity contribution is 6.37. The van der Waals surface area contributed by atoms with E-state index in [1.807, 2.05) is 97.1 Å². The lowest BCUT2D eigenvalue weighted by Gasteiger charge is -2.26. The molecule has 20 heteroatoms. The molecule has 0 radical (unpaired) electrons. The number of anilines is 4. The fourth-order valence-electron chi connectivity index (χ4n) is 14.1. The second-order valence-corrected chi connectivity index (χ2v) is 28.1. The summed E-state index contributed by atoms with van der Waals surface area (Å²) in [5.74, 6) is 1.47. The third-order valence-electron chi connectivity index (χ3n) is 20.4. The minimum Gasteiger partial charge on any atom is -0.508 e. The Balaban J connectivity index is 0.476. The van der Waals surface area contributed by atoms with E-state index in [0.717, 1.165) is 41.9 Å². The van der Waals surface area contributed by atoms with Crippen LogP contribution in [0.5, 0.6) is 80.5 Å². The van der Waals surface area contributed by atoms with Gasteiger partial charge >= 0.3 is 0 Å². The molecule has 0 spiro atoms. The van der Waals surface area contributed by atoms with Gasteiger partial charge in [-0.25, -0.2) is 19.6 Å². The van der Waals surface area contributed by atoms with E-state index in [1.165, 1.54) is 48.5 Å². The topological polar surface area (TPSA) is 245 Å². The predicted octanol–water partition coefficient (Wildman–Crippen LogP) is 19.7. The largest absolute Gasteiger partial charge is 0.508 e. The van der Waals surface area contributed by atoms with Gasteiger partial charge in [-0.15, -0.1) is 0 Å². The predicted molar refractivity (Wildman–Crippen MR) is 416 cm³/mol. The van der Waals surface area contributed by atoms with Crippen molar-refractivity contribution >= 4 is 70.0 Å². The van der Waals surface area contributed by atoms with Gasteiger partial charge in [0.05, 0.1) is 67.3 Å². The molecule has 0 saturated heterocycles. The minimum absolute atomic E-state index is 0.0191. The number of hydrogen-bond acceptors (Lipinski definition) is 16. The molecule has 20 nitrogen and oxygen atoms in total. The van der Waals surface area contributed by atoms with Gasteiger partial charge in [0.1, 0.15) is 80.5 Å². The third-order valence-corrected chi connectivity index (χ3v) is 20.4. The number of amides is 8. The maximum atomic E-state index is 14.0. The highest BCUT2D eigenvalue weighted by Gasteiger charge is 2.41. The summed E-state index contributed by atoms with van der Waals surface area (Å²) in [6.45, 7) is 8.37. The lowest BCUT2D eigenvalue weighted by molar-refractivity contribution is 0.0910. The van der Waals surface area contributed by atoms with Crippen LogP contribution in [0.3, 0.4) is 0 Å². The van der Waals surface area contributed by atoms with Crippen molar-refractivity contribution in [3.8, 4) is 80.5 Å². The van der Waals surface area contributed by atoms with E-state index in [4.69, 9.17) is 28.4 Å². The molecule has 0 unspecified atom stereocenters. The van der Waals surface area contributed by atoms with Crippen LogP contribution >= 0.6 is 0 Å². The number of fused-ring (bicyclic) bond motifs is 4. The highest BCUT2D eigenvalue weighted by atomic mass is 16.5. The van der Waals surface area contributed by atoms with Crippen molar-refractivity contribution in [1.29, 1.82) is 0 Å². The van der Waals surface area contributed by atoms with E-state index < -0.39 is 58.1 Å². The smallest absolute Gasteiger partial charge is 0.266 e. The molecule has 8 amide bonds. The highest BCUT2D eigenvalue weighted by Crippen LogP contribution is 2.43. The van der Waals surface area contributed by atoms with E-state index in [0.29, 0.717) is 91.7 Å². The molecule has 0 aromatic heterocycles. The lowest BCUT2D eigenvalue weighted by atomic mass is 9.78. The van der Waals surface area contributed by atoms with Gasteiger partial charge in [0, 0.05) is 16.9 Å². The molecule has 17 rings (SSSR count). The van der Waals surface area contributed by atoms with Gasteiger partial charge in [-0.3, -0.25) is 38.4 Å². The third kappa shape index (κ3) is 12.9. The molecule has 2 N–H and O–H groups in total. The first-order chi connectivity index (χ1) is 54.1. The number of carbonyl (C=O) groups is 8. The summed E-state index contributed by atoms with van der Waals surface area (Å²) in [4.78, 5) is 113. The Hall–Kier alpha value is -15.2. The van der Waals surface area contributed by atoms with E-state index in [9.17, 15) is 48.6 Å². The van der Waals surface area contributed by atoms with Gasteiger partial charge in [-0.2, -0.15) is 0 Å². The number of carbonyl (C=O) groups excluding carboxylic acids is 8. The lowest BCUT2D eigenvalue weighted by Crippen LogP contribution is -2.29. The van der Waals surface area contributed by atoms with Gasteiger partial charge in [0.2, 0.25) is 0 Å². The summed E-state index contributed by atoms with van der Waals surface area (Å²) >= 11 is 0. The molecule has 4 aliphatic heterocycles. The standard InChI is InChI=1S/C92H62N4O16/c1-91(2,53-8-28-63(29-9-53)109-71-40-44-75-79(49-71)87(103)93(83(75)99)57-16-24-61(97)25-17-57)55-12-32-65(33-13-55)111-73-42-46-77-81(51-73)89(105)95(85(77)101)59-20-36-67(37-21-59)107-69-6-5-7-70(48-69)108-68-38-22-60(23-39-68)96-86(102)78-47-43-74(52-82(78)90(96)106)112-66-34-14-56(15-35-66)92(3,4)54-10-30-64(31-11-54)110-72-41-45-76-80(50-72)88(104)94(84(76)100)58-18-26-62(98)27-19-58/h5-52,97-98H,1-4H3. The summed E-state index contributed by atoms with van der Waals surface area (Å²) in [5.41, 5.74) is 6.25. The van der Waals surface area contributed by atoms with Crippen molar-refractivity contribution in [3.05, 3.63) is 358 Å². The number of aromatic hydroxyl groups is 2. The monoisotopic (exact) mass is 1480 g/mol. The van der Waals surface area contributed by atoms with Crippen molar-refractivity contribution in [2.24, 2.45) is 0 Å². The van der Waals surface area contributed by atoms with Crippen LogP contribution in [0.25, 0.3) is 0 Å². The van der Waals surface area contributed by atoms with E-state index >= 15 is 0 Å². The number of ether oxygens (including phenoxy) is 6. The summed E-state index contributed by atoms with van der Waals surface area (Å²) in [7, 11) is 0. The first kappa shape index (κ1) is 69.8. The number of phenolic OH excluding ortho intramolecular Hbond substituents is 2. The van der Waals surface area contributed by atoms with E-state index in [1.54, 1.807) is 146 Å². The Kier molecular flexibility index (Phi) is 17.2. The minimum atomic E-state index is -0.512. The Morgan fingerprint density at radius 2 is 0.384 bits per heavy atom. The number of imide groups is 4. The summed E-state index contributed by atoms with van der Waals surface area (Å²) < 4.78 is 37.2. The van der Waals surface area contributed by atoms with Gasteiger partial charge in [-0.1, -0.05) is 82.3 Å². The van der Waals surface area contributed by atoms with Crippen LogP contribution in [0.2, 0.25) is 0 Å². The number of hydrogen-bond donors (Lipinski definition) is 2. The van der Waals surface area contributed by atoms with Crippen LogP contribution in [-0.4, -0.2) is 57.5 Å². The van der Waals surface area contributed by atoms with Gasteiger partial charge in [-0.05, 0) is 253 Å².